The molecule has 0 bridgehead atoms. The maximum atomic E-state index is 9.12. The van der Waals surface area contributed by atoms with Crippen molar-refractivity contribution in [3.63, 3.8) is 0 Å². The van der Waals surface area contributed by atoms with Crippen molar-refractivity contribution >= 4 is 22.4 Å². The molecule has 2 N–H and O–H groups in total. The summed E-state index contributed by atoms with van der Waals surface area (Å²) in [7, 11) is 0. The van der Waals surface area contributed by atoms with Crippen molar-refractivity contribution in [1.29, 1.82) is 5.26 Å². The second-order valence-corrected chi connectivity index (χ2v) is 5.22. The molecule has 2 heterocycles. The quantitative estimate of drug-likeness (QED) is 0.894. The topological polar surface area (TPSA) is 69.2 Å². The highest BCUT2D eigenvalue weighted by Crippen LogP contribution is 2.32. The van der Waals surface area contributed by atoms with E-state index in [0.717, 1.165) is 37.6 Å². The molecule has 0 aliphatic carbocycles. The summed E-state index contributed by atoms with van der Waals surface area (Å²) in [5.41, 5.74) is 6.25. The molecule has 1 saturated heterocycles. The Balaban J connectivity index is 2.11. The lowest BCUT2D eigenvalue weighted by molar-refractivity contribution is 0.232. The fraction of sp³-hybridized carbons (Fsp3) is 0.667. The van der Waals surface area contributed by atoms with Gasteiger partial charge in [-0.15, -0.1) is 0 Å². The van der Waals surface area contributed by atoms with Crippen LogP contribution in [0.25, 0.3) is 0 Å². The van der Waals surface area contributed by atoms with Gasteiger partial charge in [0.15, 0.2) is 5.82 Å². The van der Waals surface area contributed by atoms with Crippen molar-refractivity contribution in [3.05, 3.63) is 5.56 Å². The number of nitrogen functional groups attached to an aromatic ring is 1. The number of nitrogens with zero attached hydrogens (tertiary/aromatic N) is 4. The van der Waals surface area contributed by atoms with Crippen molar-refractivity contribution < 1.29 is 0 Å². The molecule has 2 rings (SSSR count). The molecule has 0 saturated carbocycles. The van der Waals surface area contributed by atoms with Crippen LogP contribution in [0, 0.1) is 11.3 Å². The summed E-state index contributed by atoms with van der Waals surface area (Å²) < 4.78 is 4.08. The molecule has 98 valence electrons. The van der Waals surface area contributed by atoms with E-state index in [1.807, 2.05) is 0 Å². The van der Waals surface area contributed by atoms with E-state index in [-0.39, 0.29) is 0 Å². The van der Waals surface area contributed by atoms with Crippen LogP contribution in [-0.2, 0) is 0 Å². The second kappa shape index (κ2) is 5.55. The molecule has 18 heavy (non-hydrogen) atoms. The molecule has 5 nitrogen and oxygen atoms in total. The monoisotopic (exact) mass is 265 g/mol. The summed E-state index contributed by atoms with van der Waals surface area (Å²) in [5, 5.41) is 10.1. The van der Waals surface area contributed by atoms with Crippen LogP contribution in [-0.4, -0.2) is 41.5 Å². The summed E-state index contributed by atoms with van der Waals surface area (Å²) in [6.45, 7) is 8.49. The zero-order valence-corrected chi connectivity index (χ0v) is 11.7. The van der Waals surface area contributed by atoms with Gasteiger partial charge in [0, 0.05) is 19.1 Å². The molecule has 1 unspecified atom stereocenters. The van der Waals surface area contributed by atoms with Crippen LogP contribution in [0.5, 0.6) is 0 Å². The van der Waals surface area contributed by atoms with Gasteiger partial charge >= 0.3 is 0 Å². The molecule has 0 aromatic carbocycles. The van der Waals surface area contributed by atoms with Gasteiger partial charge in [0.25, 0.3) is 0 Å². The molecular weight excluding hydrogens is 246 g/mol. The van der Waals surface area contributed by atoms with E-state index in [4.69, 9.17) is 11.0 Å². The highest BCUT2D eigenvalue weighted by atomic mass is 32.1. The highest BCUT2D eigenvalue weighted by Gasteiger charge is 2.29. The maximum Gasteiger partial charge on any atom is 0.157 e. The molecule has 0 radical (unpaired) electrons. The average Bonchev–Trinajstić information content (AvgIpc) is 2.97. The van der Waals surface area contributed by atoms with Crippen molar-refractivity contribution in [2.75, 3.05) is 36.8 Å². The van der Waals surface area contributed by atoms with Crippen LogP contribution in [0.2, 0.25) is 0 Å². The van der Waals surface area contributed by atoms with E-state index in [9.17, 15) is 0 Å². The van der Waals surface area contributed by atoms with Crippen LogP contribution >= 0.6 is 11.5 Å². The SMILES string of the molecule is CCN(CC)C1CCN(c2snc(N)c2C#N)C1. The zero-order chi connectivity index (χ0) is 13.1. The number of aromatic nitrogens is 1. The van der Waals surface area contributed by atoms with E-state index in [0.29, 0.717) is 17.4 Å². The van der Waals surface area contributed by atoms with Gasteiger partial charge in [0.05, 0.1) is 0 Å². The predicted molar refractivity (Wildman–Crippen MR) is 74.8 cm³/mol. The lowest BCUT2D eigenvalue weighted by Gasteiger charge is -2.26. The third kappa shape index (κ3) is 2.28. The van der Waals surface area contributed by atoms with E-state index in [2.05, 4.69) is 34.1 Å². The van der Waals surface area contributed by atoms with Crippen LogP contribution in [0.4, 0.5) is 10.8 Å². The number of hydrogen-bond acceptors (Lipinski definition) is 6. The van der Waals surface area contributed by atoms with Crippen LogP contribution < -0.4 is 10.6 Å². The smallest absolute Gasteiger partial charge is 0.157 e. The van der Waals surface area contributed by atoms with Crippen LogP contribution in [0.3, 0.4) is 0 Å². The molecular formula is C12H19N5S. The van der Waals surface area contributed by atoms with Crippen LogP contribution in [0.15, 0.2) is 0 Å². The first-order chi connectivity index (χ1) is 8.71. The maximum absolute atomic E-state index is 9.12. The number of hydrogen-bond donors (Lipinski definition) is 1. The Morgan fingerprint density at radius 1 is 1.56 bits per heavy atom. The minimum atomic E-state index is 0.365. The van der Waals surface area contributed by atoms with Gasteiger partial charge in [-0.3, -0.25) is 4.90 Å². The van der Waals surface area contributed by atoms with Gasteiger partial charge in [0.2, 0.25) is 0 Å². The molecule has 0 spiro atoms. The summed E-state index contributed by atoms with van der Waals surface area (Å²) in [6.07, 6.45) is 1.14. The largest absolute Gasteiger partial charge is 0.382 e. The Hall–Kier alpha value is -1.32. The Labute approximate surface area is 112 Å². The summed E-state index contributed by atoms with van der Waals surface area (Å²) in [4.78, 5) is 4.71. The summed E-state index contributed by atoms with van der Waals surface area (Å²) >= 11 is 1.34. The van der Waals surface area contributed by atoms with Gasteiger partial charge in [-0.05, 0) is 31.0 Å². The number of likely N-dealkylation sites (N-methyl/N-ethyl adjacent to an activating group) is 1. The standard InChI is InChI=1S/C12H19N5S/c1-3-16(4-2)9-5-6-17(8-9)12-10(7-13)11(14)15-18-12/h9H,3-6,8H2,1-2H3,(H2,14,15). The lowest BCUT2D eigenvalue weighted by Crippen LogP contribution is -2.37. The fourth-order valence-electron chi connectivity index (χ4n) is 2.58. The number of rotatable bonds is 4. The molecule has 1 aromatic rings. The summed E-state index contributed by atoms with van der Waals surface area (Å²) in [6, 6.07) is 2.74. The molecule has 1 aromatic heterocycles. The molecule has 6 heteroatoms. The first-order valence-electron chi connectivity index (χ1n) is 6.35. The Morgan fingerprint density at radius 3 is 2.89 bits per heavy atom. The average molecular weight is 265 g/mol. The minimum absolute atomic E-state index is 0.365. The molecule has 0 amide bonds. The first kappa shape index (κ1) is 13.1. The van der Waals surface area contributed by atoms with Crippen molar-refractivity contribution in [3.8, 4) is 6.07 Å². The number of nitriles is 1. The minimum Gasteiger partial charge on any atom is -0.382 e. The van der Waals surface area contributed by atoms with Crippen molar-refractivity contribution in [2.24, 2.45) is 0 Å². The highest BCUT2D eigenvalue weighted by molar-refractivity contribution is 7.10. The van der Waals surface area contributed by atoms with E-state index >= 15 is 0 Å². The Kier molecular flexibility index (Phi) is 4.04. The third-order valence-electron chi connectivity index (χ3n) is 3.59. The fourth-order valence-corrected chi connectivity index (χ4v) is 3.38. The van der Waals surface area contributed by atoms with E-state index < -0.39 is 0 Å². The predicted octanol–water partition coefficient (Wildman–Crippen LogP) is 1.52. The molecule has 1 fully saturated rings. The Morgan fingerprint density at radius 2 is 2.28 bits per heavy atom. The second-order valence-electron chi connectivity index (χ2n) is 4.47. The van der Waals surface area contributed by atoms with Gasteiger partial charge in [-0.25, -0.2) is 0 Å². The zero-order valence-electron chi connectivity index (χ0n) is 10.9. The van der Waals surface area contributed by atoms with Gasteiger partial charge in [-0.1, -0.05) is 13.8 Å². The van der Waals surface area contributed by atoms with Crippen LogP contribution in [0.1, 0.15) is 25.8 Å². The molecule has 1 aliphatic heterocycles. The normalized spacial score (nSPS) is 19.4. The first-order valence-corrected chi connectivity index (χ1v) is 7.12. The van der Waals surface area contributed by atoms with Gasteiger partial charge < -0.3 is 10.6 Å². The number of anilines is 2. The third-order valence-corrected chi connectivity index (χ3v) is 4.51. The van der Waals surface area contributed by atoms with E-state index in [1.165, 1.54) is 11.5 Å². The van der Waals surface area contributed by atoms with Crippen molar-refractivity contribution in [2.45, 2.75) is 26.3 Å². The lowest BCUT2D eigenvalue weighted by atomic mass is 10.2. The van der Waals surface area contributed by atoms with Gasteiger partial charge in [0.1, 0.15) is 16.6 Å². The number of nitrogens with two attached hydrogens (primary N) is 1. The Bertz CT molecular complexity index is 446. The summed E-state index contributed by atoms with van der Waals surface area (Å²) in [5.74, 6) is 0.365. The van der Waals surface area contributed by atoms with E-state index in [1.54, 1.807) is 0 Å². The molecule has 1 aliphatic rings. The van der Waals surface area contributed by atoms with Crippen molar-refractivity contribution in [1.82, 2.24) is 9.27 Å². The molecule has 1 atom stereocenters. The van der Waals surface area contributed by atoms with Gasteiger partial charge in [-0.2, -0.15) is 9.64 Å².